The van der Waals surface area contributed by atoms with E-state index < -0.39 is 10.0 Å². The van der Waals surface area contributed by atoms with E-state index in [-0.39, 0.29) is 22.8 Å². The zero-order valence-electron chi connectivity index (χ0n) is 15.1. The number of anilines is 1. The number of sulfonamides is 1. The molecule has 1 saturated heterocycles. The molecule has 1 N–H and O–H groups in total. The summed E-state index contributed by atoms with van der Waals surface area (Å²) in [5, 5.41) is 6.68. The van der Waals surface area contributed by atoms with Crippen LogP contribution in [0.4, 0.5) is 5.69 Å². The summed E-state index contributed by atoms with van der Waals surface area (Å²) in [4.78, 5) is 11.3. The van der Waals surface area contributed by atoms with Gasteiger partial charge >= 0.3 is 0 Å². The van der Waals surface area contributed by atoms with Crippen LogP contribution >= 0.6 is 0 Å². The van der Waals surface area contributed by atoms with Crippen molar-refractivity contribution in [1.29, 1.82) is 0 Å². The molecular formula is C18H23N3O4S. The first-order valence-corrected chi connectivity index (χ1v) is 10.1. The highest BCUT2D eigenvalue weighted by Crippen LogP contribution is 2.37. The van der Waals surface area contributed by atoms with Crippen molar-refractivity contribution in [2.45, 2.75) is 50.5 Å². The highest BCUT2D eigenvalue weighted by atomic mass is 32.2. The topological polar surface area (TPSA) is 92.5 Å². The third kappa shape index (κ3) is 3.66. The SMILES string of the molecule is CC(=O)Nc1ccc(S(=O)(=O)N2CCC[C@H]2c2cc(C(C)C)no2)cc1. The third-order valence-electron chi connectivity index (χ3n) is 4.45. The highest BCUT2D eigenvalue weighted by molar-refractivity contribution is 7.89. The zero-order valence-corrected chi connectivity index (χ0v) is 15.9. The van der Waals surface area contributed by atoms with Crippen molar-refractivity contribution in [2.75, 3.05) is 11.9 Å². The summed E-state index contributed by atoms with van der Waals surface area (Å²) in [5.41, 5.74) is 1.38. The fourth-order valence-corrected chi connectivity index (χ4v) is 4.76. The molecule has 140 valence electrons. The van der Waals surface area contributed by atoms with Crippen LogP contribution in [0.25, 0.3) is 0 Å². The van der Waals surface area contributed by atoms with Gasteiger partial charge in [-0.05, 0) is 43.0 Å². The molecule has 1 fully saturated rings. The molecule has 0 unspecified atom stereocenters. The minimum absolute atomic E-state index is 0.196. The van der Waals surface area contributed by atoms with Gasteiger partial charge in [0.25, 0.3) is 0 Å². The number of nitrogens with zero attached hydrogens (tertiary/aromatic N) is 2. The van der Waals surface area contributed by atoms with Gasteiger partial charge in [0.05, 0.1) is 16.6 Å². The highest BCUT2D eigenvalue weighted by Gasteiger charge is 2.38. The van der Waals surface area contributed by atoms with Gasteiger partial charge < -0.3 is 9.84 Å². The van der Waals surface area contributed by atoms with E-state index in [2.05, 4.69) is 10.5 Å². The Morgan fingerprint density at radius 1 is 1.31 bits per heavy atom. The monoisotopic (exact) mass is 377 g/mol. The Kier molecular flexibility index (Phi) is 5.15. The van der Waals surface area contributed by atoms with Gasteiger partial charge in [0, 0.05) is 25.2 Å². The van der Waals surface area contributed by atoms with Crippen molar-refractivity contribution in [3.05, 3.63) is 41.8 Å². The van der Waals surface area contributed by atoms with Crippen LogP contribution < -0.4 is 5.32 Å². The minimum atomic E-state index is -3.66. The molecule has 1 aromatic carbocycles. The molecule has 0 saturated carbocycles. The maximum atomic E-state index is 13.1. The number of aromatic nitrogens is 1. The summed E-state index contributed by atoms with van der Waals surface area (Å²) in [7, 11) is -3.66. The summed E-state index contributed by atoms with van der Waals surface area (Å²) in [5.74, 6) is 0.608. The van der Waals surface area contributed by atoms with Gasteiger partial charge in [-0.1, -0.05) is 19.0 Å². The molecule has 26 heavy (non-hydrogen) atoms. The summed E-state index contributed by atoms with van der Waals surface area (Å²) in [6, 6.07) is 7.71. The molecule has 3 rings (SSSR count). The van der Waals surface area contributed by atoms with Crippen molar-refractivity contribution in [3.8, 4) is 0 Å². The van der Waals surface area contributed by atoms with E-state index in [1.165, 1.54) is 23.4 Å². The maximum absolute atomic E-state index is 13.1. The van der Waals surface area contributed by atoms with Crippen LogP contribution in [0.5, 0.6) is 0 Å². The second kappa shape index (κ2) is 7.20. The number of nitrogens with one attached hydrogen (secondary N) is 1. The molecule has 0 radical (unpaired) electrons. The van der Waals surface area contributed by atoms with Gasteiger partial charge in [-0.25, -0.2) is 8.42 Å². The first kappa shape index (κ1) is 18.6. The van der Waals surface area contributed by atoms with E-state index in [0.29, 0.717) is 24.4 Å². The lowest BCUT2D eigenvalue weighted by molar-refractivity contribution is -0.114. The Morgan fingerprint density at radius 3 is 2.58 bits per heavy atom. The first-order chi connectivity index (χ1) is 12.3. The normalized spacial score (nSPS) is 18.4. The largest absolute Gasteiger partial charge is 0.359 e. The predicted molar refractivity (Wildman–Crippen MR) is 97.2 cm³/mol. The Labute approximate surface area is 153 Å². The molecule has 1 atom stereocenters. The van der Waals surface area contributed by atoms with E-state index in [1.54, 1.807) is 12.1 Å². The van der Waals surface area contributed by atoms with Crippen molar-refractivity contribution in [2.24, 2.45) is 0 Å². The number of carbonyl (C=O) groups excluding carboxylic acids is 1. The smallest absolute Gasteiger partial charge is 0.243 e. The lowest BCUT2D eigenvalue weighted by atomic mass is 10.1. The van der Waals surface area contributed by atoms with E-state index >= 15 is 0 Å². The molecule has 1 aromatic heterocycles. The van der Waals surface area contributed by atoms with E-state index in [0.717, 1.165) is 12.1 Å². The average Bonchev–Trinajstić information content (AvgIpc) is 3.24. The van der Waals surface area contributed by atoms with Crippen LogP contribution in [-0.4, -0.2) is 30.3 Å². The standard InChI is InChI=1S/C18H23N3O4S/c1-12(2)16-11-18(25-20-16)17-5-4-10-21(17)26(23,24)15-8-6-14(7-9-15)19-13(3)22/h6-9,11-12,17H,4-5,10H2,1-3H3,(H,19,22)/t17-/m0/s1. The molecule has 0 spiro atoms. The number of benzene rings is 1. The second-order valence-corrected chi connectivity index (χ2v) is 8.68. The molecule has 1 aliphatic rings. The number of hydrogen-bond donors (Lipinski definition) is 1. The van der Waals surface area contributed by atoms with Gasteiger partial charge in [-0.3, -0.25) is 4.79 Å². The summed E-state index contributed by atoms with van der Waals surface area (Å²) in [6.07, 6.45) is 1.47. The molecule has 1 aliphatic heterocycles. The summed E-state index contributed by atoms with van der Waals surface area (Å²) >= 11 is 0. The fourth-order valence-electron chi connectivity index (χ4n) is 3.09. The van der Waals surface area contributed by atoms with Gasteiger partial charge in [-0.2, -0.15) is 4.31 Å². The van der Waals surface area contributed by atoms with E-state index in [4.69, 9.17) is 4.52 Å². The van der Waals surface area contributed by atoms with E-state index in [1.807, 2.05) is 19.9 Å². The predicted octanol–water partition coefficient (Wildman–Crippen LogP) is 3.28. The number of hydrogen-bond acceptors (Lipinski definition) is 5. The van der Waals surface area contributed by atoms with Crippen LogP contribution in [0.1, 0.15) is 57.0 Å². The van der Waals surface area contributed by atoms with Gasteiger partial charge in [0.2, 0.25) is 15.9 Å². The molecule has 8 heteroatoms. The van der Waals surface area contributed by atoms with Crippen molar-refractivity contribution < 1.29 is 17.7 Å². The Hall–Kier alpha value is -2.19. The molecule has 0 aliphatic carbocycles. The lowest BCUT2D eigenvalue weighted by Crippen LogP contribution is -2.30. The minimum Gasteiger partial charge on any atom is -0.359 e. The molecule has 1 amide bonds. The van der Waals surface area contributed by atoms with Crippen molar-refractivity contribution >= 4 is 21.6 Å². The molecule has 0 bridgehead atoms. The molecular weight excluding hydrogens is 354 g/mol. The maximum Gasteiger partial charge on any atom is 0.243 e. The summed E-state index contributed by atoms with van der Waals surface area (Å²) < 4.78 is 33.0. The number of carbonyl (C=O) groups is 1. The Balaban J connectivity index is 1.86. The van der Waals surface area contributed by atoms with Crippen LogP contribution in [0, 0.1) is 0 Å². The van der Waals surface area contributed by atoms with E-state index in [9.17, 15) is 13.2 Å². The Morgan fingerprint density at radius 2 is 2.00 bits per heavy atom. The Bertz CT molecular complexity index is 887. The van der Waals surface area contributed by atoms with Crippen LogP contribution in [0.2, 0.25) is 0 Å². The van der Waals surface area contributed by atoms with Crippen LogP contribution in [0.3, 0.4) is 0 Å². The van der Waals surface area contributed by atoms with Gasteiger partial charge in [-0.15, -0.1) is 0 Å². The summed E-state index contributed by atoms with van der Waals surface area (Å²) in [6.45, 7) is 5.88. The number of rotatable bonds is 5. The first-order valence-electron chi connectivity index (χ1n) is 8.65. The number of amides is 1. The third-order valence-corrected chi connectivity index (χ3v) is 6.37. The van der Waals surface area contributed by atoms with Gasteiger partial charge in [0.15, 0.2) is 5.76 Å². The fraction of sp³-hybridized carbons (Fsp3) is 0.444. The molecule has 2 heterocycles. The quantitative estimate of drug-likeness (QED) is 0.863. The lowest BCUT2D eigenvalue weighted by Gasteiger charge is -2.22. The zero-order chi connectivity index (χ0) is 18.9. The molecule has 2 aromatic rings. The van der Waals surface area contributed by atoms with Crippen LogP contribution in [0.15, 0.2) is 39.8 Å². The van der Waals surface area contributed by atoms with Crippen molar-refractivity contribution in [3.63, 3.8) is 0 Å². The average molecular weight is 377 g/mol. The van der Waals surface area contributed by atoms with Crippen LogP contribution in [-0.2, 0) is 14.8 Å². The van der Waals surface area contributed by atoms with Gasteiger partial charge in [0.1, 0.15) is 0 Å². The second-order valence-electron chi connectivity index (χ2n) is 6.79. The van der Waals surface area contributed by atoms with Crippen molar-refractivity contribution in [1.82, 2.24) is 9.46 Å². The molecule has 7 nitrogen and oxygen atoms in total.